The Labute approximate surface area is 153 Å². The van der Waals surface area contributed by atoms with Crippen LogP contribution in [-0.2, 0) is 9.53 Å². The molecule has 0 atom stereocenters. The van der Waals surface area contributed by atoms with E-state index < -0.39 is 10.9 Å². The maximum atomic E-state index is 11.3. The van der Waals surface area contributed by atoms with E-state index in [2.05, 4.69) is 0 Å². The van der Waals surface area contributed by atoms with Gasteiger partial charge in [0.05, 0.1) is 21.6 Å². The third kappa shape index (κ3) is 5.20. The summed E-state index contributed by atoms with van der Waals surface area (Å²) < 4.78 is 10.4. The van der Waals surface area contributed by atoms with E-state index in [0.717, 1.165) is 0 Å². The molecule has 130 valence electrons. The lowest BCUT2D eigenvalue weighted by atomic mass is 10.2. The monoisotopic (exact) mass is 381 g/mol. The first-order chi connectivity index (χ1) is 11.9. The molecule has 6 nitrogen and oxygen atoms in total. The molecule has 0 radical (unpaired) electrons. The lowest BCUT2D eigenvalue weighted by Crippen LogP contribution is -1.98. The molecule has 0 amide bonds. The maximum Gasteiger partial charge on any atom is 0.330 e. The Morgan fingerprint density at radius 1 is 1.20 bits per heavy atom. The van der Waals surface area contributed by atoms with Crippen molar-refractivity contribution in [1.29, 1.82) is 0 Å². The minimum atomic E-state index is -0.506. The Morgan fingerprint density at radius 2 is 1.80 bits per heavy atom. The first-order valence-electron chi connectivity index (χ1n) is 7.17. The van der Waals surface area contributed by atoms with Crippen LogP contribution in [0.25, 0.3) is 6.08 Å². The number of non-ortho nitro benzene ring substituents is 1. The number of hydrogen-bond acceptors (Lipinski definition) is 5. The van der Waals surface area contributed by atoms with E-state index in [0.29, 0.717) is 11.3 Å². The van der Waals surface area contributed by atoms with Gasteiger partial charge < -0.3 is 9.47 Å². The van der Waals surface area contributed by atoms with Gasteiger partial charge in [0.2, 0.25) is 0 Å². The van der Waals surface area contributed by atoms with Gasteiger partial charge in [0.25, 0.3) is 5.69 Å². The van der Waals surface area contributed by atoms with Gasteiger partial charge >= 0.3 is 5.97 Å². The highest BCUT2D eigenvalue weighted by Gasteiger charge is 2.12. The predicted molar refractivity (Wildman–Crippen MR) is 95.3 cm³/mol. The van der Waals surface area contributed by atoms with Crippen molar-refractivity contribution in [2.24, 2.45) is 0 Å². The topological polar surface area (TPSA) is 78.7 Å². The number of esters is 1. The summed E-state index contributed by atoms with van der Waals surface area (Å²) in [4.78, 5) is 21.5. The Balaban J connectivity index is 2.19. The Bertz CT molecular complexity index is 795. The highest BCUT2D eigenvalue weighted by atomic mass is 35.5. The van der Waals surface area contributed by atoms with Crippen LogP contribution >= 0.6 is 23.2 Å². The second-order valence-corrected chi connectivity index (χ2v) is 5.57. The Morgan fingerprint density at radius 3 is 2.32 bits per heavy atom. The normalized spacial score (nSPS) is 10.7. The van der Waals surface area contributed by atoms with Crippen LogP contribution in [0, 0.1) is 10.1 Å². The summed E-state index contributed by atoms with van der Waals surface area (Å²) >= 11 is 12.4. The van der Waals surface area contributed by atoms with Gasteiger partial charge in [-0.05, 0) is 42.8 Å². The number of carbonyl (C=O) groups is 1. The molecule has 25 heavy (non-hydrogen) atoms. The fourth-order valence-corrected chi connectivity index (χ4v) is 2.46. The van der Waals surface area contributed by atoms with Crippen LogP contribution in [0.4, 0.5) is 5.69 Å². The number of nitro groups is 1. The van der Waals surface area contributed by atoms with Crippen molar-refractivity contribution in [2.45, 2.75) is 6.92 Å². The molecule has 0 saturated heterocycles. The minimum absolute atomic E-state index is 0.0519. The van der Waals surface area contributed by atoms with Gasteiger partial charge in [-0.15, -0.1) is 0 Å². The van der Waals surface area contributed by atoms with Crippen molar-refractivity contribution in [3.05, 3.63) is 68.2 Å². The van der Waals surface area contributed by atoms with E-state index in [1.54, 1.807) is 19.1 Å². The number of nitrogens with zero attached hydrogens (tertiary/aromatic N) is 1. The molecule has 2 aromatic rings. The summed E-state index contributed by atoms with van der Waals surface area (Å²) in [6, 6.07) is 8.66. The van der Waals surface area contributed by atoms with Gasteiger partial charge in [0.1, 0.15) is 5.75 Å². The van der Waals surface area contributed by atoms with E-state index in [1.165, 1.54) is 36.4 Å². The molecule has 8 heteroatoms. The van der Waals surface area contributed by atoms with Crippen LogP contribution in [-0.4, -0.2) is 17.5 Å². The molecule has 0 aliphatic heterocycles. The van der Waals surface area contributed by atoms with E-state index in [1.807, 2.05) is 0 Å². The summed E-state index contributed by atoms with van der Waals surface area (Å²) in [6.07, 6.45) is 2.79. The van der Waals surface area contributed by atoms with Crippen molar-refractivity contribution in [2.75, 3.05) is 6.61 Å². The second kappa shape index (κ2) is 8.50. The van der Waals surface area contributed by atoms with Crippen molar-refractivity contribution in [1.82, 2.24) is 0 Å². The SMILES string of the molecule is CCOC(=O)C=Cc1cc(Cl)c(Oc2ccc([N+](=O)[O-])cc2)c(Cl)c1. The van der Waals surface area contributed by atoms with Gasteiger partial charge in [0, 0.05) is 18.2 Å². The lowest BCUT2D eigenvalue weighted by Gasteiger charge is -2.10. The molecule has 0 heterocycles. The van der Waals surface area contributed by atoms with Crippen molar-refractivity contribution in [3.63, 3.8) is 0 Å². The molecule has 0 aliphatic rings. The van der Waals surface area contributed by atoms with E-state index >= 15 is 0 Å². The number of halogens is 2. The second-order valence-electron chi connectivity index (χ2n) is 4.75. The molecular weight excluding hydrogens is 369 g/mol. The molecule has 0 bridgehead atoms. The average molecular weight is 382 g/mol. The van der Waals surface area contributed by atoms with Gasteiger partial charge in [-0.3, -0.25) is 10.1 Å². The van der Waals surface area contributed by atoms with Crippen molar-refractivity contribution < 1.29 is 19.2 Å². The van der Waals surface area contributed by atoms with Crippen LogP contribution in [0.1, 0.15) is 12.5 Å². The Hall–Kier alpha value is -2.57. The predicted octanol–water partition coefficient (Wildman–Crippen LogP) is 5.27. The van der Waals surface area contributed by atoms with Gasteiger partial charge in [-0.2, -0.15) is 0 Å². The fraction of sp³-hybridized carbons (Fsp3) is 0.118. The minimum Gasteiger partial charge on any atom is -0.463 e. The molecule has 2 rings (SSSR count). The number of carbonyl (C=O) groups excluding carboxylic acids is 1. The van der Waals surface area contributed by atoms with Gasteiger partial charge in [0.15, 0.2) is 5.75 Å². The summed E-state index contributed by atoms with van der Waals surface area (Å²) in [7, 11) is 0. The molecule has 0 fully saturated rings. The average Bonchev–Trinajstić information content (AvgIpc) is 2.57. The third-order valence-corrected chi connectivity index (χ3v) is 3.55. The van der Waals surface area contributed by atoms with Crippen LogP contribution < -0.4 is 4.74 Å². The zero-order valence-corrected chi connectivity index (χ0v) is 14.6. The van der Waals surface area contributed by atoms with Crippen LogP contribution in [0.2, 0.25) is 10.0 Å². The molecule has 0 unspecified atom stereocenters. The fourth-order valence-electron chi connectivity index (χ4n) is 1.88. The maximum absolute atomic E-state index is 11.3. The quantitative estimate of drug-likeness (QED) is 0.294. The van der Waals surface area contributed by atoms with Crippen molar-refractivity contribution in [3.8, 4) is 11.5 Å². The van der Waals surface area contributed by atoms with E-state index in [-0.39, 0.29) is 28.1 Å². The first-order valence-corrected chi connectivity index (χ1v) is 7.92. The van der Waals surface area contributed by atoms with Crippen LogP contribution in [0.3, 0.4) is 0 Å². The van der Waals surface area contributed by atoms with Crippen molar-refractivity contribution >= 4 is 40.9 Å². The largest absolute Gasteiger partial charge is 0.463 e. The molecule has 0 aromatic heterocycles. The van der Waals surface area contributed by atoms with Crippen LogP contribution in [0.15, 0.2) is 42.5 Å². The highest BCUT2D eigenvalue weighted by molar-refractivity contribution is 6.37. The van der Waals surface area contributed by atoms with Gasteiger partial charge in [-0.1, -0.05) is 23.2 Å². The summed E-state index contributed by atoms with van der Waals surface area (Å²) in [5, 5.41) is 11.1. The Kier molecular flexibility index (Phi) is 6.38. The standard InChI is InChI=1S/C17H13Cl2NO5/c1-2-24-16(21)8-3-11-9-14(18)17(15(19)10-11)25-13-6-4-12(5-7-13)20(22)23/h3-10H,2H2,1H3. The van der Waals surface area contributed by atoms with E-state index in [9.17, 15) is 14.9 Å². The summed E-state index contributed by atoms with van der Waals surface area (Å²) in [6.45, 7) is 2.00. The van der Waals surface area contributed by atoms with Crippen LogP contribution in [0.5, 0.6) is 11.5 Å². The smallest absolute Gasteiger partial charge is 0.330 e. The molecule has 0 N–H and O–H groups in total. The number of rotatable bonds is 6. The number of ether oxygens (including phenoxy) is 2. The highest BCUT2D eigenvalue weighted by Crippen LogP contribution is 2.38. The molecule has 0 aliphatic carbocycles. The number of nitro benzene ring substituents is 1. The zero-order chi connectivity index (χ0) is 18.4. The summed E-state index contributed by atoms with van der Waals surface area (Å²) in [5.74, 6) is 0.0932. The number of benzene rings is 2. The van der Waals surface area contributed by atoms with E-state index in [4.69, 9.17) is 32.7 Å². The summed E-state index contributed by atoms with van der Waals surface area (Å²) in [5.41, 5.74) is 0.545. The lowest BCUT2D eigenvalue weighted by molar-refractivity contribution is -0.384. The zero-order valence-electron chi connectivity index (χ0n) is 13.1. The number of hydrogen-bond donors (Lipinski definition) is 0. The molecule has 0 saturated carbocycles. The third-order valence-electron chi connectivity index (χ3n) is 2.99. The molecule has 2 aromatic carbocycles. The molecular formula is C17H13Cl2NO5. The van der Waals surface area contributed by atoms with Gasteiger partial charge in [-0.25, -0.2) is 4.79 Å². The first kappa shape index (κ1) is 18.8. The molecule has 0 spiro atoms.